The molecule has 0 unspecified atom stereocenters. The minimum absolute atomic E-state index is 0.191. The van der Waals surface area contributed by atoms with E-state index >= 15 is 0 Å². The molecule has 1 aliphatic heterocycles. The summed E-state index contributed by atoms with van der Waals surface area (Å²) >= 11 is 0. The van der Waals surface area contributed by atoms with E-state index in [1.807, 2.05) is 4.68 Å². The van der Waals surface area contributed by atoms with Gasteiger partial charge in [-0.3, -0.25) is 14.3 Å². The molecular weight excluding hydrogens is 342 g/mol. The number of aromatic nitrogens is 5. The fourth-order valence-corrected chi connectivity index (χ4v) is 4.48. The molecule has 2 N–H and O–H groups in total. The minimum atomic E-state index is -1.68. The van der Waals surface area contributed by atoms with Crippen molar-refractivity contribution < 1.29 is 9.84 Å². The van der Waals surface area contributed by atoms with Gasteiger partial charge < -0.3 is 9.84 Å². The minimum Gasteiger partial charge on any atom is -0.394 e. The van der Waals surface area contributed by atoms with E-state index in [-0.39, 0.29) is 12.6 Å². The second-order valence-electron chi connectivity index (χ2n) is 7.41. The second kappa shape index (κ2) is 6.35. The smallest absolute Gasteiger partial charge is 0.330 e. The van der Waals surface area contributed by atoms with Crippen molar-refractivity contribution in [1.82, 2.24) is 24.5 Å². The number of aryl methyl sites for hydroxylation is 1. The predicted octanol–water partition coefficient (Wildman–Crippen LogP) is -0.497. The lowest BCUT2D eigenvalue weighted by Gasteiger charge is -2.23. The molecule has 0 aromatic carbocycles. The molecule has 0 saturated carbocycles. The molecule has 25 heavy (non-hydrogen) atoms. The molecule has 2 aromatic rings. The summed E-state index contributed by atoms with van der Waals surface area (Å²) in [4.78, 5) is 26.0. The SMILES string of the molecule is Cc1cn([C@H]2C[C@H](n3nncc3[Si](C)(C)C)[C@@H](CO)O2)c(=O)[nH]c1=O. The van der Waals surface area contributed by atoms with E-state index in [0.29, 0.717) is 12.0 Å². The van der Waals surface area contributed by atoms with Gasteiger partial charge in [0.2, 0.25) is 0 Å². The van der Waals surface area contributed by atoms with Crippen LogP contribution in [0.25, 0.3) is 0 Å². The zero-order valence-corrected chi connectivity index (χ0v) is 15.8. The van der Waals surface area contributed by atoms with E-state index in [2.05, 4.69) is 34.9 Å². The number of ether oxygens (including phenoxy) is 1. The van der Waals surface area contributed by atoms with Crippen molar-refractivity contribution in [3.05, 3.63) is 38.8 Å². The van der Waals surface area contributed by atoms with Crippen LogP contribution in [0.5, 0.6) is 0 Å². The molecule has 0 aliphatic carbocycles. The third kappa shape index (κ3) is 3.24. The number of hydrogen-bond donors (Lipinski definition) is 2. The van der Waals surface area contributed by atoms with Crippen LogP contribution in [0, 0.1) is 6.92 Å². The Labute approximate surface area is 145 Å². The zero-order chi connectivity index (χ0) is 18.4. The first-order valence-corrected chi connectivity index (χ1v) is 11.7. The molecule has 9 nitrogen and oxygen atoms in total. The maximum absolute atomic E-state index is 12.1. The Balaban J connectivity index is 1.97. The van der Waals surface area contributed by atoms with E-state index < -0.39 is 31.7 Å². The predicted molar refractivity (Wildman–Crippen MR) is 93.7 cm³/mol. The number of rotatable bonds is 4. The molecule has 1 fully saturated rings. The number of aliphatic hydroxyl groups is 1. The number of aliphatic hydroxyl groups excluding tert-OH is 1. The van der Waals surface area contributed by atoms with Crippen molar-refractivity contribution in [2.24, 2.45) is 0 Å². The van der Waals surface area contributed by atoms with E-state index in [9.17, 15) is 14.7 Å². The first-order valence-electron chi connectivity index (χ1n) is 8.21. The van der Waals surface area contributed by atoms with Crippen LogP contribution >= 0.6 is 0 Å². The highest BCUT2D eigenvalue weighted by Gasteiger charge is 2.40. The molecule has 136 valence electrons. The van der Waals surface area contributed by atoms with Crippen LogP contribution in [-0.2, 0) is 4.74 Å². The number of aromatic amines is 1. The molecule has 3 atom stereocenters. The summed E-state index contributed by atoms with van der Waals surface area (Å²) in [6.45, 7) is 8.02. The van der Waals surface area contributed by atoms with Gasteiger partial charge in [-0.1, -0.05) is 24.9 Å². The summed E-state index contributed by atoms with van der Waals surface area (Å²) < 4.78 is 9.09. The Bertz CT molecular complexity index is 881. The maximum atomic E-state index is 12.1. The van der Waals surface area contributed by atoms with Gasteiger partial charge in [-0.05, 0) is 6.92 Å². The molecule has 0 amide bonds. The van der Waals surface area contributed by atoms with Crippen LogP contribution in [0.15, 0.2) is 22.0 Å². The standard InChI is InChI=1S/C15H23N5O4Si/c1-9-7-19(15(23)17-14(9)22)12-5-10(11(8-21)24-12)20-13(6-16-18-20)25(2,3)4/h6-7,10-12,21H,5,8H2,1-4H3,(H,17,22,23)/t10-,11+,12+/m0/s1. The van der Waals surface area contributed by atoms with Gasteiger partial charge in [0.1, 0.15) is 20.4 Å². The third-order valence-corrected chi connectivity index (χ3v) is 6.39. The van der Waals surface area contributed by atoms with Crippen molar-refractivity contribution in [2.45, 2.75) is 51.4 Å². The normalized spacial score (nSPS) is 24.0. The molecule has 1 aliphatic rings. The highest BCUT2D eigenvalue weighted by molar-refractivity contribution is 6.88. The molecule has 0 spiro atoms. The largest absolute Gasteiger partial charge is 0.394 e. The lowest BCUT2D eigenvalue weighted by atomic mass is 10.1. The molecule has 3 heterocycles. The fourth-order valence-electron chi connectivity index (χ4n) is 3.13. The van der Waals surface area contributed by atoms with Gasteiger partial charge in [0.15, 0.2) is 0 Å². The Morgan fingerprint density at radius 2 is 2.12 bits per heavy atom. The van der Waals surface area contributed by atoms with Crippen LogP contribution in [0.2, 0.25) is 19.6 Å². The van der Waals surface area contributed by atoms with Gasteiger partial charge in [-0.15, -0.1) is 5.10 Å². The van der Waals surface area contributed by atoms with E-state index in [0.717, 1.165) is 5.32 Å². The van der Waals surface area contributed by atoms with Crippen LogP contribution < -0.4 is 16.6 Å². The third-order valence-electron chi connectivity index (χ3n) is 4.50. The molecular formula is C15H23N5O4Si. The molecule has 0 bridgehead atoms. The van der Waals surface area contributed by atoms with Gasteiger partial charge in [0.05, 0.1) is 18.8 Å². The summed E-state index contributed by atoms with van der Waals surface area (Å²) in [5.41, 5.74) is -0.510. The summed E-state index contributed by atoms with van der Waals surface area (Å²) in [7, 11) is -1.68. The van der Waals surface area contributed by atoms with E-state index in [4.69, 9.17) is 4.74 Å². The van der Waals surface area contributed by atoms with Crippen LogP contribution in [0.3, 0.4) is 0 Å². The Kier molecular flexibility index (Phi) is 4.52. The summed E-state index contributed by atoms with van der Waals surface area (Å²) in [6.07, 6.45) is 2.63. The summed E-state index contributed by atoms with van der Waals surface area (Å²) in [6, 6.07) is -0.224. The first kappa shape index (κ1) is 17.8. The average molecular weight is 365 g/mol. The van der Waals surface area contributed by atoms with Crippen molar-refractivity contribution in [2.75, 3.05) is 6.61 Å². The van der Waals surface area contributed by atoms with Gasteiger partial charge in [0, 0.05) is 23.5 Å². The van der Waals surface area contributed by atoms with Crippen LogP contribution in [0.1, 0.15) is 24.3 Å². The van der Waals surface area contributed by atoms with Crippen molar-refractivity contribution in [3.8, 4) is 0 Å². The van der Waals surface area contributed by atoms with E-state index in [1.54, 1.807) is 13.1 Å². The monoisotopic (exact) mass is 365 g/mol. The topological polar surface area (TPSA) is 115 Å². The number of nitrogens with one attached hydrogen (secondary N) is 1. The number of hydrogen-bond acceptors (Lipinski definition) is 6. The van der Waals surface area contributed by atoms with Gasteiger partial charge in [0.25, 0.3) is 5.56 Å². The Hall–Kier alpha value is -2.04. The Morgan fingerprint density at radius 3 is 2.76 bits per heavy atom. The first-order chi connectivity index (χ1) is 11.7. The van der Waals surface area contributed by atoms with Crippen molar-refractivity contribution >= 4 is 13.4 Å². The van der Waals surface area contributed by atoms with E-state index in [1.165, 1.54) is 10.8 Å². The molecule has 2 aromatic heterocycles. The number of nitrogens with zero attached hydrogens (tertiary/aromatic N) is 4. The van der Waals surface area contributed by atoms with Gasteiger partial charge >= 0.3 is 5.69 Å². The van der Waals surface area contributed by atoms with Crippen molar-refractivity contribution in [3.63, 3.8) is 0 Å². The molecule has 1 saturated heterocycles. The average Bonchev–Trinajstić information content (AvgIpc) is 3.16. The zero-order valence-electron chi connectivity index (χ0n) is 14.8. The van der Waals surface area contributed by atoms with Gasteiger partial charge in [-0.25, -0.2) is 9.48 Å². The van der Waals surface area contributed by atoms with Gasteiger partial charge in [-0.2, -0.15) is 0 Å². The maximum Gasteiger partial charge on any atom is 0.330 e. The fraction of sp³-hybridized carbons (Fsp3) is 0.600. The quantitative estimate of drug-likeness (QED) is 0.706. The lowest BCUT2D eigenvalue weighted by Crippen LogP contribution is -2.45. The molecule has 0 radical (unpaired) electrons. The number of H-pyrrole nitrogens is 1. The van der Waals surface area contributed by atoms with Crippen LogP contribution in [0.4, 0.5) is 0 Å². The molecule has 10 heteroatoms. The Morgan fingerprint density at radius 1 is 1.40 bits per heavy atom. The second-order valence-corrected chi connectivity index (χ2v) is 12.4. The summed E-state index contributed by atoms with van der Waals surface area (Å²) in [5, 5.41) is 19.0. The highest BCUT2D eigenvalue weighted by Crippen LogP contribution is 2.35. The highest BCUT2D eigenvalue weighted by atomic mass is 28.3. The lowest BCUT2D eigenvalue weighted by molar-refractivity contribution is -0.0321. The van der Waals surface area contributed by atoms with Crippen LogP contribution in [-0.4, -0.2) is 50.4 Å². The van der Waals surface area contributed by atoms with Crippen molar-refractivity contribution in [1.29, 1.82) is 0 Å². The summed E-state index contributed by atoms with van der Waals surface area (Å²) in [5.74, 6) is 0. The molecule has 3 rings (SSSR count).